The van der Waals surface area contributed by atoms with E-state index in [2.05, 4.69) is 26.1 Å². The summed E-state index contributed by atoms with van der Waals surface area (Å²) in [6.07, 6.45) is 1.59. The quantitative estimate of drug-likeness (QED) is 0.884. The van der Waals surface area contributed by atoms with Gasteiger partial charge < -0.3 is 15.3 Å². The van der Waals surface area contributed by atoms with Crippen LogP contribution in [0.5, 0.6) is 0 Å². The molecule has 1 fully saturated rings. The predicted molar refractivity (Wildman–Crippen MR) is 99.4 cm³/mol. The zero-order valence-electron chi connectivity index (χ0n) is 15.7. The number of nitrogens with one attached hydrogen (secondary N) is 1. The van der Waals surface area contributed by atoms with Crippen LogP contribution in [0.1, 0.15) is 56.5 Å². The monoisotopic (exact) mass is 332 g/mol. The van der Waals surface area contributed by atoms with E-state index in [9.17, 15) is 9.90 Å². The van der Waals surface area contributed by atoms with Crippen LogP contribution < -0.4 is 5.32 Å². The Kier molecular flexibility index (Phi) is 5.92. The first-order valence-electron chi connectivity index (χ1n) is 9.00. The van der Waals surface area contributed by atoms with E-state index in [-0.39, 0.29) is 23.3 Å². The summed E-state index contributed by atoms with van der Waals surface area (Å²) in [6.45, 7) is 12.7. The molecule has 1 heterocycles. The lowest BCUT2D eigenvalue weighted by Crippen LogP contribution is -2.43. The Morgan fingerprint density at radius 2 is 2.12 bits per heavy atom. The first-order valence-corrected chi connectivity index (χ1v) is 9.00. The Bertz CT molecular complexity index is 575. The minimum atomic E-state index is -0.360. The van der Waals surface area contributed by atoms with Gasteiger partial charge in [0, 0.05) is 36.8 Å². The first-order chi connectivity index (χ1) is 11.2. The fraction of sp³-hybridized carbons (Fsp3) is 0.650. The normalized spacial score (nSPS) is 19.9. The van der Waals surface area contributed by atoms with Crippen LogP contribution >= 0.6 is 0 Å². The van der Waals surface area contributed by atoms with Crippen LogP contribution in [-0.4, -0.2) is 41.7 Å². The molecule has 2 N–H and O–H groups in total. The molecule has 1 aliphatic heterocycles. The zero-order valence-corrected chi connectivity index (χ0v) is 15.7. The molecule has 134 valence electrons. The van der Waals surface area contributed by atoms with E-state index in [0.29, 0.717) is 6.54 Å². The Labute approximate surface area is 146 Å². The van der Waals surface area contributed by atoms with Crippen LogP contribution in [-0.2, 0) is 0 Å². The van der Waals surface area contributed by atoms with Gasteiger partial charge in [-0.3, -0.25) is 4.79 Å². The molecule has 0 aromatic heterocycles. The first kappa shape index (κ1) is 18.8. The van der Waals surface area contributed by atoms with Gasteiger partial charge in [-0.2, -0.15) is 0 Å². The van der Waals surface area contributed by atoms with Gasteiger partial charge in [-0.15, -0.1) is 0 Å². The number of carbonyl (C=O) groups excluding carboxylic acids is 1. The maximum atomic E-state index is 13.0. The van der Waals surface area contributed by atoms with Crippen LogP contribution in [0.4, 0.5) is 5.69 Å². The number of hydrogen-bond donors (Lipinski definition) is 2. The Morgan fingerprint density at radius 3 is 2.75 bits per heavy atom. The van der Waals surface area contributed by atoms with Crippen molar-refractivity contribution in [2.45, 2.75) is 53.6 Å². The number of anilines is 1. The molecule has 0 radical (unpaired) electrons. The second-order valence-electron chi connectivity index (χ2n) is 8.29. The SMILES string of the molecule is Cc1c(NCC(C)(C)C)cccc1C(=O)N1CCCC(C(C)O)C1. The van der Waals surface area contributed by atoms with E-state index in [1.165, 1.54) is 0 Å². The topological polar surface area (TPSA) is 52.6 Å². The third-order valence-corrected chi connectivity index (χ3v) is 4.80. The summed E-state index contributed by atoms with van der Waals surface area (Å²) < 4.78 is 0. The average molecular weight is 332 g/mol. The fourth-order valence-corrected chi connectivity index (χ4v) is 3.18. The highest BCUT2D eigenvalue weighted by atomic mass is 16.3. The summed E-state index contributed by atoms with van der Waals surface area (Å²) in [7, 11) is 0. The zero-order chi connectivity index (χ0) is 17.9. The van der Waals surface area contributed by atoms with Crippen molar-refractivity contribution in [2.24, 2.45) is 11.3 Å². The van der Waals surface area contributed by atoms with Crippen LogP contribution in [0, 0.1) is 18.3 Å². The van der Waals surface area contributed by atoms with Crippen molar-refractivity contribution in [3.63, 3.8) is 0 Å². The molecule has 0 saturated carbocycles. The number of nitrogens with zero attached hydrogens (tertiary/aromatic N) is 1. The summed E-state index contributed by atoms with van der Waals surface area (Å²) in [6, 6.07) is 5.89. The van der Waals surface area contributed by atoms with Crippen molar-refractivity contribution in [1.82, 2.24) is 4.90 Å². The molecule has 0 bridgehead atoms. The van der Waals surface area contributed by atoms with Crippen molar-refractivity contribution < 1.29 is 9.90 Å². The summed E-state index contributed by atoms with van der Waals surface area (Å²) in [5, 5.41) is 13.3. The van der Waals surface area contributed by atoms with Crippen molar-refractivity contribution in [2.75, 3.05) is 25.0 Å². The second kappa shape index (κ2) is 7.56. The number of carbonyl (C=O) groups is 1. The fourth-order valence-electron chi connectivity index (χ4n) is 3.18. The van der Waals surface area contributed by atoms with Gasteiger partial charge >= 0.3 is 0 Å². The van der Waals surface area contributed by atoms with Gasteiger partial charge in [0.2, 0.25) is 0 Å². The molecule has 24 heavy (non-hydrogen) atoms. The summed E-state index contributed by atoms with van der Waals surface area (Å²) >= 11 is 0. The van der Waals surface area contributed by atoms with Gasteiger partial charge in [-0.1, -0.05) is 26.8 Å². The molecule has 4 heteroatoms. The number of aliphatic hydroxyl groups excluding tert-OH is 1. The maximum Gasteiger partial charge on any atom is 0.254 e. The molecular weight excluding hydrogens is 300 g/mol. The van der Waals surface area contributed by atoms with Crippen LogP contribution in [0.2, 0.25) is 0 Å². The molecule has 1 saturated heterocycles. The van der Waals surface area contributed by atoms with E-state index < -0.39 is 0 Å². The van der Waals surface area contributed by atoms with Crippen molar-refractivity contribution in [3.05, 3.63) is 29.3 Å². The maximum absolute atomic E-state index is 13.0. The number of benzene rings is 1. The van der Waals surface area contributed by atoms with Gasteiger partial charge in [0.1, 0.15) is 0 Å². The van der Waals surface area contributed by atoms with Gasteiger partial charge in [-0.25, -0.2) is 0 Å². The van der Waals surface area contributed by atoms with E-state index >= 15 is 0 Å². The van der Waals surface area contributed by atoms with Crippen LogP contribution in [0.15, 0.2) is 18.2 Å². The molecule has 1 amide bonds. The van der Waals surface area contributed by atoms with Crippen molar-refractivity contribution in [3.8, 4) is 0 Å². The summed E-state index contributed by atoms with van der Waals surface area (Å²) in [5.74, 6) is 0.266. The van der Waals surface area contributed by atoms with E-state index in [1.54, 1.807) is 0 Å². The number of aliphatic hydroxyl groups is 1. The number of rotatable bonds is 4. The number of amides is 1. The molecule has 1 aromatic carbocycles. The predicted octanol–water partition coefficient (Wildman–Crippen LogP) is 3.69. The molecule has 4 nitrogen and oxygen atoms in total. The van der Waals surface area contributed by atoms with Crippen molar-refractivity contribution in [1.29, 1.82) is 0 Å². The smallest absolute Gasteiger partial charge is 0.254 e. The molecular formula is C20H32N2O2. The second-order valence-corrected chi connectivity index (χ2v) is 8.29. The highest BCUT2D eigenvalue weighted by Crippen LogP contribution is 2.25. The molecule has 2 atom stereocenters. The van der Waals surface area contributed by atoms with Gasteiger partial charge in [-0.05, 0) is 49.8 Å². The lowest BCUT2D eigenvalue weighted by Gasteiger charge is -2.34. The third kappa shape index (κ3) is 4.73. The Morgan fingerprint density at radius 1 is 1.42 bits per heavy atom. The highest BCUT2D eigenvalue weighted by molar-refractivity contribution is 5.97. The summed E-state index contributed by atoms with van der Waals surface area (Å²) in [5.41, 5.74) is 2.98. The van der Waals surface area contributed by atoms with E-state index in [0.717, 1.165) is 42.7 Å². The minimum absolute atomic E-state index is 0.0808. The minimum Gasteiger partial charge on any atom is -0.393 e. The Balaban J connectivity index is 2.14. The highest BCUT2D eigenvalue weighted by Gasteiger charge is 2.28. The lowest BCUT2D eigenvalue weighted by molar-refractivity contribution is 0.0465. The van der Waals surface area contributed by atoms with Gasteiger partial charge in [0.25, 0.3) is 5.91 Å². The number of hydrogen-bond acceptors (Lipinski definition) is 3. The van der Waals surface area contributed by atoms with Crippen LogP contribution in [0.25, 0.3) is 0 Å². The Hall–Kier alpha value is -1.55. The standard InChI is InChI=1S/C20H32N2O2/c1-14-17(9-6-10-18(14)21-13-20(3,4)5)19(24)22-11-7-8-16(12-22)15(2)23/h6,9-10,15-16,21,23H,7-8,11-13H2,1-5H3. The molecule has 0 spiro atoms. The summed E-state index contributed by atoms with van der Waals surface area (Å²) in [4.78, 5) is 14.9. The molecule has 1 aromatic rings. The molecule has 2 unspecified atom stereocenters. The average Bonchev–Trinajstić information content (AvgIpc) is 2.52. The van der Waals surface area contributed by atoms with Gasteiger partial charge in [0.05, 0.1) is 6.10 Å². The largest absolute Gasteiger partial charge is 0.393 e. The van der Waals surface area contributed by atoms with Gasteiger partial charge in [0.15, 0.2) is 0 Å². The molecule has 2 rings (SSSR count). The lowest BCUT2D eigenvalue weighted by atomic mass is 9.92. The molecule has 0 aliphatic carbocycles. The molecule has 1 aliphatic rings. The third-order valence-electron chi connectivity index (χ3n) is 4.80. The van der Waals surface area contributed by atoms with E-state index in [4.69, 9.17) is 0 Å². The van der Waals surface area contributed by atoms with Crippen molar-refractivity contribution >= 4 is 11.6 Å². The van der Waals surface area contributed by atoms with E-state index in [1.807, 2.05) is 36.9 Å². The number of likely N-dealkylation sites (tertiary alicyclic amines) is 1. The van der Waals surface area contributed by atoms with Crippen LogP contribution in [0.3, 0.4) is 0 Å². The number of piperidine rings is 1.